The van der Waals surface area contributed by atoms with Gasteiger partial charge in [0.1, 0.15) is 0 Å². The highest BCUT2D eigenvalue weighted by Crippen LogP contribution is 2.23. The molecule has 1 aromatic rings. The Morgan fingerprint density at radius 2 is 2.00 bits per heavy atom. The summed E-state index contributed by atoms with van der Waals surface area (Å²) in [6, 6.07) is 6.55. The van der Waals surface area contributed by atoms with E-state index in [2.05, 4.69) is 0 Å². The Kier molecular flexibility index (Phi) is 3.32. The highest BCUT2D eigenvalue weighted by Gasteiger charge is 2.30. The van der Waals surface area contributed by atoms with Crippen molar-refractivity contribution in [2.24, 2.45) is 5.41 Å². The van der Waals surface area contributed by atoms with Crippen LogP contribution in [0.15, 0.2) is 24.3 Å². The lowest BCUT2D eigenvalue weighted by Crippen LogP contribution is -2.26. The Morgan fingerprint density at radius 1 is 1.38 bits per heavy atom. The number of Topliss-reactive ketones (excluding diaryl/α,β-unsaturated/α-hetero) is 1. The number of anilines is 1. The molecular formula is C12H15NO3. The van der Waals surface area contributed by atoms with E-state index in [1.807, 2.05) is 0 Å². The first-order valence-electron chi connectivity index (χ1n) is 4.95. The molecule has 0 unspecified atom stereocenters. The lowest BCUT2D eigenvalue weighted by molar-refractivity contribution is -0.146. The van der Waals surface area contributed by atoms with Crippen LogP contribution in [0.25, 0.3) is 0 Å². The first kappa shape index (κ1) is 12.2. The number of carboxylic acid groups (broad SMARTS) is 1. The summed E-state index contributed by atoms with van der Waals surface area (Å²) in [7, 11) is 0. The number of hydrogen-bond acceptors (Lipinski definition) is 3. The second-order valence-electron chi connectivity index (χ2n) is 4.41. The Labute approximate surface area is 94.1 Å². The third-order valence-corrected chi connectivity index (χ3v) is 2.39. The zero-order valence-electron chi connectivity index (χ0n) is 9.36. The van der Waals surface area contributed by atoms with Gasteiger partial charge in [-0.05, 0) is 26.0 Å². The van der Waals surface area contributed by atoms with Gasteiger partial charge in [-0.1, -0.05) is 12.1 Å². The molecule has 0 bridgehead atoms. The number of hydrogen-bond donors (Lipinski definition) is 2. The first-order chi connectivity index (χ1) is 7.33. The fourth-order valence-corrected chi connectivity index (χ4v) is 1.29. The fourth-order valence-electron chi connectivity index (χ4n) is 1.29. The van der Waals surface area contributed by atoms with Gasteiger partial charge in [0.25, 0.3) is 0 Å². The molecule has 0 spiro atoms. The quantitative estimate of drug-likeness (QED) is 0.601. The number of carboxylic acids is 1. The van der Waals surface area contributed by atoms with E-state index in [1.165, 1.54) is 13.8 Å². The third-order valence-electron chi connectivity index (χ3n) is 2.39. The molecule has 0 saturated heterocycles. The van der Waals surface area contributed by atoms with Crippen molar-refractivity contribution < 1.29 is 14.7 Å². The molecule has 0 aromatic heterocycles. The normalized spacial score (nSPS) is 11.1. The molecule has 0 amide bonds. The number of benzene rings is 1. The van der Waals surface area contributed by atoms with E-state index >= 15 is 0 Å². The fraction of sp³-hybridized carbons (Fsp3) is 0.333. The number of carbonyl (C=O) groups is 2. The lowest BCUT2D eigenvalue weighted by Gasteiger charge is -2.17. The maximum atomic E-state index is 11.8. The van der Waals surface area contributed by atoms with Gasteiger partial charge in [0.2, 0.25) is 0 Å². The smallest absolute Gasteiger partial charge is 0.309 e. The highest BCUT2D eigenvalue weighted by molar-refractivity contribution is 5.99. The highest BCUT2D eigenvalue weighted by atomic mass is 16.4. The molecule has 0 heterocycles. The van der Waals surface area contributed by atoms with Gasteiger partial charge in [-0.3, -0.25) is 9.59 Å². The summed E-state index contributed by atoms with van der Waals surface area (Å²) >= 11 is 0. The zero-order chi connectivity index (χ0) is 12.3. The van der Waals surface area contributed by atoms with Crippen molar-refractivity contribution in [1.29, 1.82) is 0 Å². The van der Waals surface area contributed by atoms with E-state index in [0.717, 1.165) is 0 Å². The second-order valence-corrected chi connectivity index (χ2v) is 4.41. The van der Waals surface area contributed by atoms with Crippen molar-refractivity contribution in [3.8, 4) is 0 Å². The molecule has 0 aliphatic carbocycles. The van der Waals surface area contributed by atoms with Crippen LogP contribution in [0.3, 0.4) is 0 Å². The molecule has 0 aliphatic heterocycles. The Bertz CT molecular complexity index is 424. The molecule has 0 aliphatic rings. The van der Waals surface area contributed by atoms with Gasteiger partial charge in [-0.25, -0.2) is 0 Å². The van der Waals surface area contributed by atoms with Gasteiger partial charge in [0, 0.05) is 17.7 Å². The van der Waals surface area contributed by atoms with E-state index < -0.39 is 11.4 Å². The molecule has 0 radical (unpaired) electrons. The van der Waals surface area contributed by atoms with Crippen LogP contribution in [0.4, 0.5) is 5.69 Å². The number of aliphatic carboxylic acids is 1. The van der Waals surface area contributed by atoms with Crippen molar-refractivity contribution in [1.82, 2.24) is 0 Å². The Morgan fingerprint density at radius 3 is 2.50 bits per heavy atom. The molecule has 86 valence electrons. The number of nitrogen functional groups attached to an aromatic ring is 1. The van der Waals surface area contributed by atoms with Gasteiger partial charge in [-0.15, -0.1) is 0 Å². The SMILES string of the molecule is CC(C)(CC(=O)c1cccc(N)c1)C(=O)O. The Balaban J connectivity index is 2.85. The standard InChI is InChI=1S/C12H15NO3/c1-12(2,11(15)16)7-10(14)8-4-3-5-9(13)6-8/h3-6H,7,13H2,1-2H3,(H,15,16). The summed E-state index contributed by atoms with van der Waals surface area (Å²) in [4.78, 5) is 22.7. The van der Waals surface area contributed by atoms with Gasteiger partial charge >= 0.3 is 5.97 Å². The molecule has 4 nitrogen and oxygen atoms in total. The molecule has 4 heteroatoms. The maximum absolute atomic E-state index is 11.8. The Hall–Kier alpha value is -1.84. The van der Waals surface area contributed by atoms with Crippen LogP contribution in [0, 0.1) is 5.41 Å². The monoisotopic (exact) mass is 221 g/mol. The predicted octanol–water partition coefficient (Wildman–Crippen LogP) is 1.95. The van der Waals surface area contributed by atoms with Crippen LogP contribution in [0.5, 0.6) is 0 Å². The van der Waals surface area contributed by atoms with Crippen LogP contribution in [-0.4, -0.2) is 16.9 Å². The zero-order valence-corrected chi connectivity index (χ0v) is 9.36. The van der Waals surface area contributed by atoms with Crippen LogP contribution in [0.1, 0.15) is 30.6 Å². The van der Waals surface area contributed by atoms with Crippen molar-refractivity contribution >= 4 is 17.4 Å². The molecule has 1 aromatic carbocycles. The molecule has 0 fully saturated rings. The molecule has 1 rings (SSSR count). The van der Waals surface area contributed by atoms with Crippen LogP contribution < -0.4 is 5.73 Å². The molecule has 0 atom stereocenters. The minimum absolute atomic E-state index is 0.0359. The number of nitrogens with two attached hydrogens (primary N) is 1. The number of ketones is 1. The van der Waals surface area contributed by atoms with Gasteiger partial charge in [-0.2, -0.15) is 0 Å². The summed E-state index contributed by atoms with van der Waals surface area (Å²) < 4.78 is 0. The number of carbonyl (C=O) groups excluding carboxylic acids is 1. The summed E-state index contributed by atoms with van der Waals surface area (Å²) in [6.07, 6.45) is -0.0359. The molecule has 16 heavy (non-hydrogen) atoms. The third kappa shape index (κ3) is 2.82. The summed E-state index contributed by atoms with van der Waals surface area (Å²) in [5.41, 5.74) is 5.45. The lowest BCUT2D eigenvalue weighted by atomic mass is 9.86. The average molecular weight is 221 g/mol. The second kappa shape index (κ2) is 4.35. The molecule has 0 saturated carbocycles. The van der Waals surface area contributed by atoms with Crippen LogP contribution >= 0.6 is 0 Å². The number of rotatable bonds is 4. The van der Waals surface area contributed by atoms with E-state index in [9.17, 15) is 9.59 Å². The summed E-state index contributed by atoms with van der Waals surface area (Å²) in [5, 5.41) is 8.91. The van der Waals surface area contributed by atoms with Gasteiger partial charge < -0.3 is 10.8 Å². The van der Waals surface area contributed by atoms with E-state index in [1.54, 1.807) is 24.3 Å². The van der Waals surface area contributed by atoms with Gasteiger partial charge in [0.15, 0.2) is 5.78 Å². The van der Waals surface area contributed by atoms with Crippen LogP contribution in [-0.2, 0) is 4.79 Å². The first-order valence-corrected chi connectivity index (χ1v) is 4.95. The van der Waals surface area contributed by atoms with Crippen molar-refractivity contribution in [2.45, 2.75) is 20.3 Å². The van der Waals surface area contributed by atoms with E-state index in [0.29, 0.717) is 11.3 Å². The van der Waals surface area contributed by atoms with Crippen molar-refractivity contribution in [2.75, 3.05) is 5.73 Å². The summed E-state index contributed by atoms with van der Waals surface area (Å²) in [6.45, 7) is 3.05. The molecular weight excluding hydrogens is 206 g/mol. The van der Waals surface area contributed by atoms with Crippen molar-refractivity contribution in [3.05, 3.63) is 29.8 Å². The average Bonchev–Trinajstić information content (AvgIpc) is 2.16. The maximum Gasteiger partial charge on any atom is 0.309 e. The van der Waals surface area contributed by atoms with E-state index in [4.69, 9.17) is 10.8 Å². The predicted molar refractivity (Wildman–Crippen MR) is 61.2 cm³/mol. The topological polar surface area (TPSA) is 80.4 Å². The minimum Gasteiger partial charge on any atom is -0.481 e. The van der Waals surface area contributed by atoms with Crippen LogP contribution in [0.2, 0.25) is 0 Å². The largest absolute Gasteiger partial charge is 0.481 e. The van der Waals surface area contributed by atoms with Gasteiger partial charge in [0.05, 0.1) is 5.41 Å². The van der Waals surface area contributed by atoms with E-state index in [-0.39, 0.29) is 12.2 Å². The minimum atomic E-state index is -1.05. The molecule has 3 N–H and O–H groups in total. The summed E-state index contributed by atoms with van der Waals surface area (Å²) in [5.74, 6) is -1.19. The van der Waals surface area contributed by atoms with Crippen molar-refractivity contribution in [3.63, 3.8) is 0 Å².